The molecule has 0 bridgehead atoms. The van der Waals surface area contributed by atoms with Crippen molar-refractivity contribution in [2.45, 2.75) is 44.8 Å². The summed E-state index contributed by atoms with van der Waals surface area (Å²) in [5, 5.41) is 5.00. The number of nitrogens with one attached hydrogen (secondary N) is 1. The number of aromatic nitrogens is 3. The van der Waals surface area contributed by atoms with Gasteiger partial charge in [0, 0.05) is 17.9 Å². The maximum Gasteiger partial charge on any atom is 0.341 e. The van der Waals surface area contributed by atoms with Crippen LogP contribution in [-0.2, 0) is 15.9 Å². The van der Waals surface area contributed by atoms with Gasteiger partial charge < -0.3 is 20.5 Å². The first-order chi connectivity index (χ1) is 14.7. The van der Waals surface area contributed by atoms with E-state index >= 15 is 0 Å². The van der Waals surface area contributed by atoms with Crippen LogP contribution >= 0.6 is 0 Å². The fraction of sp³-hybridized carbons (Fsp3) is 0.391. The van der Waals surface area contributed by atoms with Gasteiger partial charge in [0.1, 0.15) is 22.9 Å². The van der Waals surface area contributed by atoms with Crippen LogP contribution in [0.5, 0.6) is 5.88 Å². The molecule has 31 heavy (non-hydrogen) atoms. The molecule has 8 heteroatoms. The van der Waals surface area contributed by atoms with E-state index in [2.05, 4.69) is 27.2 Å². The number of methoxy groups -OCH3 is 1. The molecule has 0 radical (unpaired) electrons. The smallest absolute Gasteiger partial charge is 0.341 e. The Morgan fingerprint density at radius 2 is 1.97 bits per heavy atom. The highest BCUT2D eigenvalue weighted by molar-refractivity contribution is 5.94. The lowest BCUT2D eigenvalue weighted by Crippen LogP contribution is -2.35. The number of hydrogen-bond acceptors (Lipinski definition) is 8. The number of nitrogens with zero attached hydrogens (tertiary/aromatic N) is 3. The monoisotopic (exact) mass is 419 g/mol. The summed E-state index contributed by atoms with van der Waals surface area (Å²) in [5.41, 5.74) is 7.55. The van der Waals surface area contributed by atoms with Crippen LogP contribution in [0.3, 0.4) is 0 Å². The second-order valence-electron chi connectivity index (χ2n) is 8.97. The number of pyridine rings is 3. The van der Waals surface area contributed by atoms with E-state index in [1.807, 2.05) is 26.1 Å². The van der Waals surface area contributed by atoms with Gasteiger partial charge in [0.2, 0.25) is 5.88 Å². The number of fused-ring (bicyclic) bond motifs is 2. The summed E-state index contributed by atoms with van der Waals surface area (Å²) in [6.45, 7) is 5.71. The van der Waals surface area contributed by atoms with Crippen LogP contribution in [0, 0.1) is 5.92 Å². The van der Waals surface area contributed by atoms with E-state index in [-0.39, 0.29) is 5.97 Å². The van der Waals surface area contributed by atoms with Crippen molar-refractivity contribution in [3.63, 3.8) is 0 Å². The summed E-state index contributed by atoms with van der Waals surface area (Å²) < 4.78 is 10.9. The minimum Gasteiger partial charge on any atom is -0.481 e. The highest BCUT2D eigenvalue weighted by atomic mass is 16.6. The van der Waals surface area contributed by atoms with Gasteiger partial charge in [-0.2, -0.15) is 0 Å². The van der Waals surface area contributed by atoms with Gasteiger partial charge in [0.25, 0.3) is 0 Å². The van der Waals surface area contributed by atoms with Crippen molar-refractivity contribution < 1.29 is 14.3 Å². The Kier molecular flexibility index (Phi) is 4.20. The number of carbonyl (C=O) groups excluding carboxylic acids is 1. The molecule has 0 aromatic carbocycles. The molecular weight excluding hydrogens is 394 g/mol. The fourth-order valence-corrected chi connectivity index (χ4v) is 4.29. The SMILES string of the molecule is COc1ncc([C@](C)(N)C2CC2)c2cc(Nc3ccc4c(n3)C(C)(C)OC4=O)ncc12. The Labute approximate surface area is 180 Å². The molecular formula is C23H25N5O3. The zero-order valence-corrected chi connectivity index (χ0v) is 18.0. The molecule has 1 aliphatic carbocycles. The summed E-state index contributed by atoms with van der Waals surface area (Å²) in [5.74, 6) is 1.79. The van der Waals surface area contributed by atoms with Crippen LogP contribution in [0.4, 0.5) is 11.6 Å². The highest BCUT2D eigenvalue weighted by Gasteiger charge is 2.41. The molecule has 1 atom stereocenters. The molecule has 0 saturated heterocycles. The molecule has 0 unspecified atom stereocenters. The molecule has 5 rings (SSSR count). The molecule has 1 saturated carbocycles. The predicted octanol–water partition coefficient (Wildman–Crippen LogP) is 3.77. The standard InChI is InChI=1S/C23H25N5O3/c1-22(2)19-13(21(29)31-22)7-8-17(28-19)27-18-9-14-15(10-25-18)20(30-4)26-11-16(14)23(3,24)12-5-6-12/h7-12H,5-6,24H2,1-4H3,(H,25,27,28)/t23-/m1/s1. The van der Waals surface area contributed by atoms with Gasteiger partial charge >= 0.3 is 5.97 Å². The molecule has 3 N–H and O–H groups in total. The second-order valence-corrected chi connectivity index (χ2v) is 8.97. The number of nitrogens with two attached hydrogens (primary N) is 1. The van der Waals surface area contributed by atoms with Crippen molar-refractivity contribution in [3.8, 4) is 5.88 Å². The summed E-state index contributed by atoms with van der Waals surface area (Å²) in [7, 11) is 1.59. The lowest BCUT2D eigenvalue weighted by atomic mass is 9.86. The zero-order chi connectivity index (χ0) is 22.0. The van der Waals surface area contributed by atoms with E-state index < -0.39 is 11.1 Å². The van der Waals surface area contributed by atoms with Crippen LogP contribution in [0.15, 0.2) is 30.6 Å². The van der Waals surface area contributed by atoms with Crippen molar-refractivity contribution in [2.75, 3.05) is 12.4 Å². The lowest BCUT2D eigenvalue weighted by Gasteiger charge is -2.26. The third-order valence-electron chi connectivity index (χ3n) is 6.22. The van der Waals surface area contributed by atoms with Crippen molar-refractivity contribution in [3.05, 3.63) is 47.4 Å². The molecule has 0 amide bonds. The molecule has 4 heterocycles. The second kappa shape index (κ2) is 6.62. The van der Waals surface area contributed by atoms with E-state index in [1.165, 1.54) is 0 Å². The number of ether oxygens (including phenoxy) is 2. The summed E-state index contributed by atoms with van der Waals surface area (Å²) >= 11 is 0. The van der Waals surface area contributed by atoms with Crippen LogP contribution in [-0.4, -0.2) is 28.0 Å². The van der Waals surface area contributed by atoms with Gasteiger partial charge in [-0.05, 0) is 68.7 Å². The van der Waals surface area contributed by atoms with Gasteiger partial charge in [-0.1, -0.05) is 0 Å². The molecule has 0 spiro atoms. The Hall–Kier alpha value is -3.26. The average molecular weight is 419 g/mol. The molecule has 3 aromatic rings. The van der Waals surface area contributed by atoms with Gasteiger partial charge in [-0.15, -0.1) is 0 Å². The normalized spacial score (nSPS) is 18.9. The van der Waals surface area contributed by atoms with Crippen molar-refractivity contribution >= 4 is 28.4 Å². The number of hydrogen-bond donors (Lipinski definition) is 2. The highest BCUT2D eigenvalue weighted by Crippen LogP contribution is 2.46. The maximum atomic E-state index is 12.0. The molecule has 2 aliphatic rings. The topological polar surface area (TPSA) is 112 Å². The summed E-state index contributed by atoms with van der Waals surface area (Å²) in [6, 6.07) is 5.42. The van der Waals surface area contributed by atoms with E-state index in [0.717, 1.165) is 29.2 Å². The van der Waals surface area contributed by atoms with E-state index in [1.54, 1.807) is 25.4 Å². The Morgan fingerprint density at radius 1 is 1.19 bits per heavy atom. The largest absolute Gasteiger partial charge is 0.481 e. The van der Waals surface area contributed by atoms with Crippen LogP contribution in [0.1, 0.15) is 55.2 Å². The third-order valence-corrected chi connectivity index (χ3v) is 6.22. The van der Waals surface area contributed by atoms with Crippen LogP contribution < -0.4 is 15.8 Å². The third kappa shape index (κ3) is 3.18. The number of anilines is 2. The average Bonchev–Trinajstić information content (AvgIpc) is 3.55. The van der Waals surface area contributed by atoms with Crippen molar-refractivity contribution in [1.82, 2.24) is 15.0 Å². The van der Waals surface area contributed by atoms with E-state index in [4.69, 9.17) is 15.2 Å². The maximum absolute atomic E-state index is 12.0. The molecule has 160 valence electrons. The van der Waals surface area contributed by atoms with Crippen LogP contribution in [0.2, 0.25) is 0 Å². The van der Waals surface area contributed by atoms with Gasteiger partial charge in [-0.25, -0.2) is 19.7 Å². The Morgan fingerprint density at radius 3 is 2.68 bits per heavy atom. The first-order valence-electron chi connectivity index (χ1n) is 10.3. The Bertz CT molecular complexity index is 1220. The van der Waals surface area contributed by atoms with Crippen LogP contribution in [0.25, 0.3) is 10.8 Å². The zero-order valence-electron chi connectivity index (χ0n) is 18.0. The molecule has 8 nitrogen and oxygen atoms in total. The summed E-state index contributed by atoms with van der Waals surface area (Å²) in [6.07, 6.45) is 5.78. The number of carbonyl (C=O) groups is 1. The molecule has 3 aromatic heterocycles. The first-order valence-corrected chi connectivity index (χ1v) is 10.3. The van der Waals surface area contributed by atoms with E-state index in [9.17, 15) is 4.79 Å². The predicted molar refractivity (Wildman–Crippen MR) is 116 cm³/mol. The number of rotatable bonds is 5. The van der Waals surface area contributed by atoms with Crippen molar-refractivity contribution in [1.29, 1.82) is 0 Å². The first kappa shape index (κ1) is 19.7. The number of esters is 1. The minimum atomic E-state index is -0.765. The summed E-state index contributed by atoms with van der Waals surface area (Å²) in [4.78, 5) is 25.6. The quantitative estimate of drug-likeness (QED) is 0.601. The molecule has 1 fully saturated rings. The fourth-order valence-electron chi connectivity index (χ4n) is 4.29. The number of cyclic esters (lactones) is 1. The van der Waals surface area contributed by atoms with Gasteiger partial charge in [-0.3, -0.25) is 0 Å². The van der Waals surface area contributed by atoms with Gasteiger partial charge in [0.15, 0.2) is 0 Å². The lowest BCUT2D eigenvalue weighted by molar-refractivity contribution is 0.00834. The van der Waals surface area contributed by atoms with Gasteiger partial charge in [0.05, 0.1) is 18.1 Å². The van der Waals surface area contributed by atoms with E-state index in [0.29, 0.717) is 34.7 Å². The minimum absolute atomic E-state index is 0.352. The molecule has 1 aliphatic heterocycles. The Balaban J connectivity index is 1.57. The van der Waals surface area contributed by atoms with Crippen molar-refractivity contribution in [2.24, 2.45) is 11.7 Å².